The van der Waals surface area contributed by atoms with Crippen LogP contribution < -0.4 is 16.8 Å². The summed E-state index contributed by atoms with van der Waals surface area (Å²) in [6.45, 7) is 5.48. The summed E-state index contributed by atoms with van der Waals surface area (Å²) in [5.41, 5.74) is 11.9. The third-order valence-electron chi connectivity index (χ3n) is 8.14. The van der Waals surface area contributed by atoms with Gasteiger partial charge in [-0.15, -0.1) is 16.9 Å². The van der Waals surface area contributed by atoms with Crippen molar-refractivity contribution < 1.29 is 24.3 Å². The van der Waals surface area contributed by atoms with Crippen LogP contribution >= 0.6 is 11.8 Å². The van der Waals surface area contributed by atoms with E-state index < -0.39 is 17.9 Å². The number of aliphatic imine (C=N–C) groups is 1. The van der Waals surface area contributed by atoms with Crippen LogP contribution in [0.4, 0.5) is 0 Å². The number of Topliss-reactive ketones (excluding diaryl/α,β-unsaturated/α-hetero) is 1. The monoisotopic (exact) mass is 574 g/mol. The molecule has 1 aromatic heterocycles. The highest BCUT2D eigenvalue weighted by molar-refractivity contribution is 8.03. The predicted molar refractivity (Wildman–Crippen MR) is 143 cm³/mol. The molecular weight excluding hydrogens is 540 g/mol. The first-order valence-electron chi connectivity index (χ1n) is 13.4. The Hall–Kier alpha value is -3.37. The summed E-state index contributed by atoms with van der Waals surface area (Å²) in [6, 6.07) is -0.854. The van der Waals surface area contributed by atoms with E-state index in [1.54, 1.807) is 4.90 Å². The van der Waals surface area contributed by atoms with E-state index in [0.717, 1.165) is 6.42 Å². The van der Waals surface area contributed by atoms with E-state index in [9.17, 15) is 24.3 Å². The maximum absolute atomic E-state index is 13.2. The van der Waals surface area contributed by atoms with Gasteiger partial charge in [-0.25, -0.2) is 9.48 Å². The Morgan fingerprint density at radius 1 is 1.35 bits per heavy atom. The van der Waals surface area contributed by atoms with Gasteiger partial charge >= 0.3 is 5.97 Å². The van der Waals surface area contributed by atoms with Gasteiger partial charge in [-0.1, -0.05) is 13.8 Å². The number of amides is 2. The molecule has 15 nitrogen and oxygen atoms in total. The Morgan fingerprint density at radius 3 is 2.77 bits per heavy atom. The molecule has 7 atom stereocenters. The van der Waals surface area contributed by atoms with E-state index in [1.165, 1.54) is 27.7 Å². The second-order valence-corrected chi connectivity index (χ2v) is 12.3. The van der Waals surface area contributed by atoms with E-state index >= 15 is 0 Å². The summed E-state index contributed by atoms with van der Waals surface area (Å²) in [4.78, 5) is 58.7. The largest absolute Gasteiger partial charge is 0.477 e. The number of thioether (sulfide) groups is 1. The minimum Gasteiger partial charge on any atom is -0.477 e. The van der Waals surface area contributed by atoms with Gasteiger partial charge in [-0.3, -0.25) is 14.4 Å². The van der Waals surface area contributed by atoms with Gasteiger partial charge in [0.1, 0.15) is 18.6 Å². The van der Waals surface area contributed by atoms with Crippen LogP contribution in [-0.4, -0.2) is 108 Å². The van der Waals surface area contributed by atoms with Crippen molar-refractivity contribution in [2.24, 2.45) is 34.2 Å². The molecule has 0 radical (unpaired) electrons. The lowest BCUT2D eigenvalue weighted by Gasteiger charge is -2.47. The van der Waals surface area contributed by atoms with E-state index in [0.29, 0.717) is 31.0 Å². The van der Waals surface area contributed by atoms with Gasteiger partial charge in [-0.2, -0.15) is 4.99 Å². The zero-order valence-electron chi connectivity index (χ0n) is 22.3. The fourth-order valence-electron chi connectivity index (χ4n) is 6.17. The summed E-state index contributed by atoms with van der Waals surface area (Å²) < 4.78 is 1.33. The first kappa shape index (κ1) is 28.2. The van der Waals surface area contributed by atoms with Crippen LogP contribution in [0, 0.1) is 17.8 Å². The van der Waals surface area contributed by atoms with Gasteiger partial charge in [0, 0.05) is 48.2 Å². The van der Waals surface area contributed by atoms with Crippen LogP contribution in [0.25, 0.3) is 0 Å². The molecule has 0 aromatic carbocycles. The Bertz CT molecular complexity index is 1250. The SMILES string of the molecule is C[C@@H](CC(=O)Cn1cnnn1)[C@H]1C(=O)N2C(C(=O)O)=C(S[C@@H]3CNC(C(=O)N=C(N)N4CC[C@@H](N)C4)C3)[C@H](C)[C@H]12. The Kier molecular flexibility index (Phi) is 7.92. The molecule has 4 aliphatic heterocycles. The number of nitrogens with one attached hydrogen (secondary N) is 1. The van der Waals surface area contributed by atoms with Crippen molar-refractivity contribution in [1.29, 1.82) is 0 Å². The molecule has 6 N–H and O–H groups in total. The van der Waals surface area contributed by atoms with Gasteiger partial charge < -0.3 is 31.7 Å². The number of fused-ring (bicyclic) bond motifs is 1. The zero-order valence-corrected chi connectivity index (χ0v) is 23.2. The molecule has 40 heavy (non-hydrogen) atoms. The van der Waals surface area contributed by atoms with Crippen LogP contribution in [0.2, 0.25) is 0 Å². The number of tetrazole rings is 1. The van der Waals surface area contributed by atoms with Gasteiger partial charge in [0.2, 0.25) is 5.91 Å². The number of aromatic nitrogens is 4. The van der Waals surface area contributed by atoms with E-state index in [-0.39, 0.29) is 71.4 Å². The zero-order chi connectivity index (χ0) is 28.7. The first-order chi connectivity index (χ1) is 19.0. The highest BCUT2D eigenvalue weighted by atomic mass is 32.2. The van der Waals surface area contributed by atoms with Crippen molar-refractivity contribution in [3.8, 4) is 0 Å². The van der Waals surface area contributed by atoms with Crippen molar-refractivity contribution in [2.45, 2.75) is 63.0 Å². The number of hydrogen-bond acceptors (Lipinski definition) is 10. The van der Waals surface area contributed by atoms with Gasteiger partial charge in [0.15, 0.2) is 11.7 Å². The minimum atomic E-state index is -1.16. The van der Waals surface area contributed by atoms with Crippen molar-refractivity contribution in [2.75, 3.05) is 19.6 Å². The summed E-state index contributed by atoms with van der Waals surface area (Å²) in [5.74, 6) is -2.72. The van der Waals surface area contributed by atoms with Crippen LogP contribution in [0.5, 0.6) is 0 Å². The average molecular weight is 575 g/mol. The van der Waals surface area contributed by atoms with Gasteiger partial charge in [0.05, 0.1) is 18.0 Å². The maximum Gasteiger partial charge on any atom is 0.353 e. The number of nitrogens with zero attached hydrogens (tertiary/aromatic N) is 7. The molecule has 0 saturated carbocycles. The molecule has 1 unspecified atom stereocenters. The van der Waals surface area contributed by atoms with E-state index in [4.69, 9.17) is 11.5 Å². The molecule has 216 valence electrons. The fourth-order valence-corrected chi connectivity index (χ4v) is 7.65. The van der Waals surface area contributed by atoms with Crippen LogP contribution in [-0.2, 0) is 25.7 Å². The lowest BCUT2D eigenvalue weighted by atomic mass is 9.73. The summed E-state index contributed by atoms with van der Waals surface area (Å²) in [5, 5.41) is 23.9. The number of guanidine groups is 1. The standard InChI is InChI=1S/C24H34N10O5S/c1-11(5-14(35)9-33-10-28-30-31-33)17-18-12(2)20(19(23(38)39)34(18)22(17)37)40-15-6-16(27-7-15)21(36)29-24(26)32-4-3-13(25)8-32/h10-13,15-18,27H,3-9,25H2,1-2H3,(H,38,39)(H2,26,29,36)/t11-,12+,13+,15-,16?,17+,18+/m0/s1. The maximum atomic E-state index is 13.2. The molecule has 16 heteroatoms. The van der Waals surface area contributed by atoms with Gasteiger partial charge in [0.25, 0.3) is 5.91 Å². The first-order valence-corrected chi connectivity index (χ1v) is 14.2. The van der Waals surface area contributed by atoms with Gasteiger partial charge in [-0.05, 0) is 29.2 Å². The number of carboxylic acid groups (broad SMARTS) is 1. The molecule has 0 aliphatic carbocycles. The highest BCUT2D eigenvalue weighted by Crippen LogP contribution is 2.53. The number of β-lactam (4-membered cyclic amide) rings is 1. The third kappa shape index (κ3) is 5.34. The van der Waals surface area contributed by atoms with Crippen LogP contribution in [0.3, 0.4) is 0 Å². The molecule has 2 amide bonds. The van der Waals surface area contributed by atoms with Crippen LogP contribution in [0.15, 0.2) is 21.9 Å². The number of carbonyl (C=O) groups is 4. The molecular formula is C24H34N10O5S. The number of hydrogen-bond donors (Lipinski definition) is 4. The van der Waals surface area contributed by atoms with Crippen molar-refractivity contribution >= 4 is 41.3 Å². The van der Waals surface area contributed by atoms with Crippen molar-refractivity contribution in [1.82, 2.24) is 35.3 Å². The van der Waals surface area contributed by atoms with E-state index in [1.807, 2.05) is 13.8 Å². The van der Waals surface area contributed by atoms with Crippen LogP contribution in [0.1, 0.15) is 33.1 Å². The predicted octanol–water partition coefficient (Wildman–Crippen LogP) is -1.62. The van der Waals surface area contributed by atoms with Crippen molar-refractivity contribution in [3.63, 3.8) is 0 Å². The molecule has 0 bridgehead atoms. The molecule has 5 heterocycles. The summed E-state index contributed by atoms with van der Waals surface area (Å²) >= 11 is 1.40. The quantitative estimate of drug-likeness (QED) is 0.148. The molecule has 1 aromatic rings. The number of carboxylic acids is 1. The molecule has 4 aliphatic rings. The second kappa shape index (κ2) is 11.2. The highest BCUT2D eigenvalue weighted by Gasteiger charge is 2.60. The number of nitrogens with two attached hydrogens (primary N) is 2. The number of rotatable bonds is 9. The number of aliphatic carboxylic acids is 1. The summed E-state index contributed by atoms with van der Waals surface area (Å²) in [6.07, 6.45) is 2.75. The number of ketones is 1. The van der Waals surface area contributed by atoms with E-state index in [2.05, 4.69) is 25.8 Å². The topological polar surface area (TPSA) is 215 Å². The minimum absolute atomic E-state index is 0.00150. The average Bonchev–Trinajstić information content (AvgIpc) is 3.68. The molecule has 5 rings (SSSR count). The fraction of sp³-hybridized carbons (Fsp3) is 0.667. The Labute approximate surface area is 234 Å². The Balaban J connectivity index is 1.22. The Morgan fingerprint density at radius 2 is 2.12 bits per heavy atom. The molecule has 0 spiro atoms. The lowest BCUT2D eigenvalue weighted by Crippen LogP contribution is -2.62. The number of carbonyl (C=O) groups excluding carboxylic acids is 3. The third-order valence-corrected chi connectivity index (χ3v) is 9.65. The number of likely N-dealkylation sites (tertiary alicyclic amines) is 1. The van der Waals surface area contributed by atoms with Crippen molar-refractivity contribution in [3.05, 3.63) is 16.9 Å². The molecule has 3 saturated heterocycles. The summed E-state index contributed by atoms with van der Waals surface area (Å²) in [7, 11) is 0. The smallest absolute Gasteiger partial charge is 0.353 e. The molecule has 3 fully saturated rings. The lowest BCUT2D eigenvalue weighted by molar-refractivity contribution is -0.160. The second-order valence-electron chi connectivity index (χ2n) is 11.0. The normalized spacial score (nSPS) is 31.0.